The summed E-state index contributed by atoms with van der Waals surface area (Å²) in [6.45, 7) is 3.26. The third-order valence-corrected chi connectivity index (χ3v) is 6.49. The van der Waals surface area contributed by atoms with E-state index in [1.54, 1.807) is 98.8 Å². The second-order valence-electron chi connectivity index (χ2n) is 10.0. The summed E-state index contributed by atoms with van der Waals surface area (Å²) in [4.78, 5) is 51.4. The van der Waals surface area contributed by atoms with Crippen LogP contribution in [-0.4, -0.2) is 41.6 Å². The minimum absolute atomic E-state index is 0.0362. The number of carbonyl (C=O) groups excluding carboxylic acids is 4. The Labute approximate surface area is 238 Å². The highest BCUT2D eigenvalue weighted by Crippen LogP contribution is 2.23. The standard InChI is InChI=1S/C32H34F2N2O5/c1-22(2)28(36-31(40)41-21-25-16-10-5-11-17-25)30(39)35-26(20-24-14-8-4-9-15-24)29(38)32(33,34)27(37)19-18-23-12-6-3-7-13-23/h3-17,22,26,28H,18-21H2,1-2H3,(H,35,39)(H,36,40)/t26?,28-/m0/s1. The van der Waals surface area contributed by atoms with Gasteiger partial charge in [0.2, 0.25) is 17.5 Å². The molecule has 216 valence electrons. The van der Waals surface area contributed by atoms with Gasteiger partial charge in [0, 0.05) is 12.8 Å². The number of alkyl halides is 2. The number of rotatable bonds is 14. The van der Waals surface area contributed by atoms with E-state index in [1.807, 2.05) is 6.07 Å². The molecule has 0 spiro atoms. The fraction of sp³-hybridized carbons (Fsp3) is 0.312. The molecule has 2 N–H and O–H groups in total. The number of hydrogen-bond acceptors (Lipinski definition) is 5. The first-order valence-electron chi connectivity index (χ1n) is 13.4. The van der Waals surface area contributed by atoms with E-state index in [1.165, 1.54) is 0 Å². The van der Waals surface area contributed by atoms with Crippen molar-refractivity contribution in [3.63, 3.8) is 0 Å². The van der Waals surface area contributed by atoms with Gasteiger partial charge >= 0.3 is 12.0 Å². The molecule has 2 atom stereocenters. The van der Waals surface area contributed by atoms with Gasteiger partial charge in [-0.05, 0) is 29.0 Å². The molecule has 9 heteroatoms. The van der Waals surface area contributed by atoms with E-state index < -0.39 is 53.9 Å². The van der Waals surface area contributed by atoms with Crippen LogP contribution in [0.2, 0.25) is 0 Å². The first-order valence-corrected chi connectivity index (χ1v) is 13.4. The maximum absolute atomic E-state index is 15.2. The molecule has 0 aromatic heterocycles. The van der Waals surface area contributed by atoms with Crippen LogP contribution in [0.15, 0.2) is 91.0 Å². The fourth-order valence-electron chi connectivity index (χ4n) is 4.16. The molecule has 0 saturated carbocycles. The Kier molecular flexibility index (Phi) is 11.3. The number of nitrogens with one attached hydrogen (secondary N) is 2. The average Bonchev–Trinajstić information content (AvgIpc) is 2.98. The van der Waals surface area contributed by atoms with Gasteiger partial charge in [-0.25, -0.2) is 4.79 Å². The molecular weight excluding hydrogens is 530 g/mol. The molecule has 0 fully saturated rings. The van der Waals surface area contributed by atoms with E-state index in [2.05, 4.69) is 10.6 Å². The van der Waals surface area contributed by atoms with Gasteiger partial charge in [0.1, 0.15) is 12.6 Å². The van der Waals surface area contributed by atoms with Crippen LogP contribution in [0, 0.1) is 5.92 Å². The van der Waals surface area contributed by atoms with Crippen molar-refractivity contribution >= 4 is 23.6 Å². The second kappa shape index (κ2) is 14.8. The van der Waals surface area contributed by atoms with E-state index in [0.717, 1.165) is 5.56 Å². The van der Waals surface area contributed by atoms with Gasteiger partial charge in [0.15, 0.2) is 0 Å². The molecule has 0 aliphatic heterocycles. The number of hydrogen-bond donors (Lipinski definition) is 2. The quantitative estimate of drug-likeness (QED) is 0.266. The Morgan fingerprint density at radius 3 is 1.80 bits per heavy atom. The van der Waals surface area contributed by atoms with Crippen molar-refractivity contribution in [3.05, 3.63) is 108 Å². The Balaban J connectivity index is 1.73. The third-order valence-electron chi connectivity index (χ3n) is 6.49. The van der Waals surface area contributed by atoms with Gasteiger partial charge < -0.3 is 15.4 Å². The monoisotopic (exact) mass is 564 g/mol. The zero-order valence-corrected chi connectivity index (χ0v) is 23.0. The lowest BCUT2D eigenvalue weighted by Gasteiger charge is -2.26. The van der Waals surface area contributed by atoms with E-state index in [4.69, 9.17) is 4.74 Å². The summed E-state index contributed by atoms with van der Waals surface area (Å²) in [6, 6.07) is 23.0. The van der Waals surface area contributed by atoms with E-state index in [-0.39, 0.29) is 19.4 Å². The van der Waals surface area contributed by atoms with Crippen LogP contribution in [0.3, 0.4) is 0 Å². The minimum Gasteiger partial charge on any atom is -0.445 e. The molecule has 0 aliphatic rings. The molecule has 3 rings (SSSR count). The van der Waals surface area contributed by atoms with Gasteiger partial charge in [0.25, 0.3) is 0 Å². The molecular formula is C32H34F2N2O5. The van der Waals surface area contributed by atoms with Crippen molar-refractivity contribution in [2.75, 3.05) is 0 Å². The molecule has 1 unspecified atom stereocenters. The second-order valence-corrected chi connectivity index (χ2v) is 10.0. The van der Waals surface area contributed by atoms with Crippen LogP contribution < -0.4 is 10.6 Å². The number of aryl methyl sites for hydroxylation is 1. The van der Waals surface area contributed by atoms with Crippen LogP contribution in [0.1, 0.15) is 37.0 Å². The number of amides is 2. The Morgan fingerprint density at radius 2 is 1.27 bits per heavy atom. The maximum atomic E-state index is 15.2. The number of ketones is 2. The van der Waals surface area contributed by atoms with Crippen molar-refractivity contribution in [1.82, 2.24) is 10.6 Å². The lowest BCUT2D eigenvalue weighted by atomic mass is 9.93. The smallest absolute Gasteiger partial charge is 0.408 e. The SMILES string of the molecule is CC(C)[C@H](NC(=O)OCc1ccccc1)C(=O)NC(Cc1ccccc1)C(=O)C(F)(F)C(=O)CCc1ccccc1. The van der Waals surface area contributed by atoms with Crippen LogP contribution in [0.25, 0.3) is 0 Å². The van der Waals surface area contributed by atoms with Gasteiger partial charge in [-0.1, -0.05) is 105 Å². The van der Waals surface area contributed by atoms with Crippen molar-refractivity contribution in [2.45, 2.75) is 57.7 Å². The third kappa shape index (κ3) is 9.34. The van der Waals surface area contributed by atoms with Crippen molar-refractivity contribution in [1.29, 1.82) is 0 Å². The Morgan fingerprint density at radius 1 is 0.756 bits per heavy atom. The molecule has 7 nitrogen and oxygen atoms in total. The van der Waals surface area contributed by atoms with E-state index in [9.17, 15) is 19.2 Å². The normalized spacial score (nSPS) is 12.7. The lowest BCUT2D eigenvalue weighted by Crippen LogP contribution is -2.57. The molecule has 3 aromatic rings. The zero-order valence-electron chi connectivity index (χ0n) is 23.0. The first-order chi connectivity index (χ1) is 19.6. The Hall–Kier alpha value is -4.40. The highest BCUT2D eigenvalue weighted by atomic mass is 19.3. The number of alkyl carbamates (subject to hydrolysis) is 1. The lowest BCUT2D eigenvalue weighted by molar-refractivity contribution is -0.159. The maximum Gasteiger partial charge on any atom is 0.408 e. The largest absolute Gasteiger partial charge is 0.445 e. The molecule has 0 heterocycles. The van der Waals surface area contributed by atoms with Crippen LogP contribution in [0.4, 0.5) is 13.6 Å². The van der Waals surface area contributed by atoms with Gasteiger partial charge in [-0.2, -0.15) is 8.78 Å². The first kappa shape index (κ1) is 31.1. The van der Waals surface area contributed by atoms with E-state index >= 15 is 8.78 Å². The molecule has 0 saturated heterocycles. The molecule has 0 aliphatic carbocycles. The molecule has 0 bridgehead atoms. The summed E-state index contributed by atoms with van der Waals surface area (Å²) >= 11 is 0. The summed E-state index contributed by atoms with van der Waals surface area (Å²) in [5, 5.41) is 4.83. The fourth-order valence-corrected chi connectivity index (χ4v) is 4.16. The van der Waals surface area contributed by atoms with Crippen molar-refractivity contribution in [2.24, 2.45) is 5.92 Å². The minimum atomic E-state index is -4.32. The van der Waals surface area contributed by atoms with Gasteiger partial charge in [-0.15, -0.1) is 0 Å². The number of ether oxygens (including phenoxy) is 1. The molecule has 2 amide bonds. The summed E-state index contributed by atoms with van der Waals surface area (Å²) in [5.74, 6) is -8.88. The predicted molar refractivity (Wildman–Crippen MR) is 150 cm³/mol. The predicted octanol–water partition coefficient (Wildman–Crippen LogP) is 5.07. The number of benzene rings is 3. The number of carbonyl (C=O) groups is 4. The number of Topliss-reactive ketones (excluding diaryl/α,β-unsaturated/α-hetero) is 2. The highest BCUT2D eigenvalue weighted by molar-refractivity contribution is 6.11. The molecule has 41 heavy (non-hydrogen) atoms. The van der Waals surface area contributed by atoms with Crippen LogP contribution >= 0.6 is 0 Å². The van der Waals surface area contributed by atoms with Crippen LogP contribution in [0.5, 0.6) is 0 Å². The topological polar surface area (TPSA) is 102 Å². The van der Waals surface area contributed by atoms with Gasteiger partial charge in [-0.3, -0.25) is 14.4 Å². The van der Waals surface area contributed by atoms with E-state index in [0.29, 0.717) is 11.1 Å². The Bertz CT molecular complexity index is 1300. The summed E-state index contributed by atoms with van der Waals surface area (Å²) in [5.41, 5.74) is 1.93. The molecule has 3 aromatic carbocycles. The highest BCUT2D eigenvalue weighted by Gasteiger charge is 2.49. The summed E-state index contributed by atoms with van der Waals surface area (Å²) in [7, 11) is 0. The zero-order chi connectivity index (χ0) is 29.8. The average molecular weight is 565 g/mol. The van der Waals surface area contributed by atoms with Crippen molar-refractivity contribution < 1.29 is 32.7 Å². The van der Waals surface area contributed by atoms with Gasteiger partial charge in [0.05, 0.1) is 6.04 Å². The summed E-state index contributed by atoms with van der Waals surface area (Å²) < 4.78 is 35.6. The van der Waals surface area contributed by atoms with Crippen molar-refractivity contribution in [3.8, 4) is 0 Å². The molecule has 0 radical (unpaired) electrons. The summed E-state index contributed by atoms with van der Waals surface area (Å²) in [6.07, 6.45) is -1.65. The number of halogens is 2. The van der Waals surface area contributed by atoms with Crippen LogP contribution in [-0.2, 0) is 38.6 Å².